The molecule has 0 amide bonds. The predicted molar refractivity (Wildman–Crippen MR) is 83.9 cm³/mol. The van der Waals surface area contributed by atoms with Gasteiger partial charge in [0.1, 0.15) is 5.01 Å². The van der Waals surface area contributed by atoms with E-state index < -0.39 is 0 Å². The number of hydrogen-bond donors (Lipinski definition) is 0. The lowest BCUT2D eigenvalue weighted by Gasteiger charge is -1.99. The number of hydrogen-bond acceptors (Lipinski definition) is 3. The Hall–Kier alpha value is -1.45. The second kappa shape index (κ2) is 6.13. The van der Waals surface area contributed by atoms with Crippen molar-refractivity contribution in [2.24, 2.45) is 0 Å². The summed E-state index contributed by atoms with van der Waals surface area (Å²) in [5.74, 6) is 0. The maximum Gasteiger partial charge on any atom is 0.133 e. The molecule has 2 aromatic heterocycles. The summed E-state index contributed by atoms with van der Waals surface area (Å²) in [6.07, 6.45) is 3.36. The minimum Gasteiger partial charge on any atom is -0.240 e. The molecule has 0 atom stereocenters. The molecule has 0 spiro atoms. The molecule has 2 heterocycles. The van der Waals surface area contributed by atoms with Gasteiger partial charge in [0.25, 0.3) is 0 Å². The second-order valence-corrected chi connectivity index (χ2v) is 6.27. The molecule has 1 nitrogen and oxygen atoms in total. The largest absolute Gasteiger partial charge is 0.240 e. The van der Waals surface area contributed by atoms with E-state index in [0.29, 0.717) is 0 Å². The van der Waals surface area contributed by atoms with E-state index in [-0.39, 0.29) is 0 Å². The fourth-order valence-corrected chi connectivity index (χ4v) is 3.72. The van der Waals surface area contributed by atoms with Gasteiger partial charge in [-0.1, -0.05) is 36.4 Å². The topological polar surface area (TPSA) is 12.9 Å². The maximum absolute atomic E-state index is 4.71. The molecule has 3 heteroatoms. The van der Waals surface area contributed by atoms with Gasteiger partial charge in [0.15, 0.2) is 0 Å². The molecule has 0 saturated heterocycles. The summed E-state index contributed by atoms with van der Waals surface area (Å²) in [5, 5.41) is 5.45. The molecule has 0 radical (unpaired) electrons. The summed E-state index contributed by atoms with van der Waals surface area (Å²) in [4.78, 5) is 5.99. The Labute approximate surface area is 121 Å². The van der Waals surface area contributed by atoms with E-state index in [2.05, 4.69) is 53.2 Å². The Morgan fingerprint density at radius 2 is 1.79 bits per heavy atom. The van der Waals surface area contributed by atoms with Gasteiger partial charge in [-0.2, -0.15) is 0 Å². The second-order valence-electron chi connectivity index (χ2n) is 4.46. The number of aryl methyl sites for hydroxylation is 2. The molecule has 0 N–H and O–H groups in total. The van der Waals surface area contributed by atoms with Crippen LogP contribution in [-0.2, 0) is 12.8 Å². The first-order chi connectivity index (χ1) is 9.42. The number of thiazole rings is 1. The minimum absolute atomic E-state index is 1.07. The van der Waals surface area contributed by atoms with E-state index in [1.807, 2.05) is 0 Å². The summed E-state index contributed by atoms with van der Waals surface area (Å²) in [6.45, 7) is 0. The first kappa shape index (κ1) is 12.6. The van der Waals surface area contributed by atoms with Gasteiger partial charge >= 0.3 is 0 Å². The minimum atomic E-state index is 1.07. The molecule has 3 aromatic rings. The SMILES string of the molecule is c1ccc(CCCc2csc(-c3cccs3)n2)cc1. The third kappa shape index (κ3) is 3.31. The standard InChI is InChI=1S/C16H15NS2/c1-2-6-13(7-3-1)8-4-9-14-12-19-16(17-14)15-10-5-11-18-15/h1-3,5-7,10-12H,4,8-9H2. The third-order valence-corrected chi connectivity index (χ3v) is 4.96. The zero-order chi connectivity index (χ0) is 12.9. The van der Waals surface area contributed by atoms with Crippen molar-refractivity contribution in [1.82, 2.24) is 4.98 Å². The van der Waals surface area contributed by atoms with Crippen LogP contribution in [0.5, 0.6) is 0 Å². The van der Waals surface area contributed by atoms with E-state index in [1.165, 1.54) is 16.1 Å². The highest BCUT2D eigenvalue weighted by molar-refractivity contribution is 7.20. The van der Waals surface area contributed by atoms with Crippen molar-refractivity contribution in [2.75, 3.05) is 0 Å². The number of benzene rings is 1. The van der Waals surface area contributed by atoms with Crippen LogP contribution in [0.2, 0.25) is 0 Å². The van der Waals surface area contributed by atoms with Crippen LogP contribution < -0.4 is 0 Å². The lowest BCUT2D eigenvalue weighted by molar-refractivity contribution is 0.805. The van der Waals surface area contributed by atoms with Crippen LogP contribution in [0.3, 0.4) is 0 Å². The number of aromatic nitrogens is 1. The van der Waals surface area contributed by atoms with Crippen LogP contribution in [0.1, 0.15) is 17.7 Å². The molecule has 1 aromatic carbocycles. The molecule has 0 saturated carbocycles. The lowest BCUT2D eigenvalue weighted by atomic mass is 10.1. The molecule has 0 aliphatic rings. The lowest BCUT2D eigenvalue weighted by Crippen LogP contribution is -1.90. The van der Waals surface area contributed by atoms with E-state index in [1.54, 1.807) is 22.7 Å². The van der Waals surface area contributed by atoms with Crippen LogP contribution in [0.25, 0.3) is 9.88 Å². The average molecular weight is 285 g/mol. The van der Waals surface area contributed by atoms with Gasteiger partial charge in [-0.25, -0.2) is 4.98 Å². The average Bonchev–Trinajstić information content (AvgIpc) is 3.10. The molecule has 3 rings (SSSR count). The van der Waals surface area contributed by atoms with E-state index in [4.69, 9.17) is 4.98 Å². The Balaban J connectivity index is 1.56. The van der Waals surface area contributed by atoms with Crippen LogP contribution in [-0.4, -0.2) is 4.98 Å². The molecule has 0 fully saturated rings. The van der Waals surface area contributed by atoms with Gasteiger partial charge in [-0.3, -0.25) is 0 Å². The van der Waals surface area contributed by atoms with Gasteiger partial charge in [0.05, 0.1) is 10.6 Å². The summed E-state index contributed by atoms with van der Waals surface area (Å²) < 4.78 is 0. The number of nitrogens with zero attached hydrogens (tertiary/aromatic N) is 1. The van der Waals surface area contributed by atoms with Gasteiger partial charge < -0.3 is 0 Å². The van der Waals surface area contributed by atoms with E-state index in [0.717, 1.165) is 24.3 Å². The van der Waals surface area contributed by atoms with Crippen molar-refractivity contribution in [1.29, 1.82) is 0 Å². The summed E-state index contributed by atoms with van der Waals surface area (Å²) in [5.41, 5.74) is 2.64. The molecular formula is C16H15NS2. The Morgan fingerprint density at radius 3 is 2.58 bits per heavy atom. The van der Waals surface area contributed by atoms with Crippen molar-refractivity contribution in [3.8, 4) is 9.88 Å². The van der Waals surface area contributed by atoms with Crippen molar-refractivity contribution in [3.63, 3.8) is 0 Å². The quantitative estimate of drug-likeness (QED) is 0.639. The Bertz CT molecular complexity index is 611. The monoisotopic (exact) mass is 285 g/mol. The Kier molecular flexibility index (Phi) is 4.06. The maximum atomic E-state index is 4.71. The summed E-state index contributed by atoms with van der Waals surface area (Å²) >= 11 is 3.51. The predicted octanol–water partition coefficient (Wildman–Crippen LogP) is 5.05. The zero-order valence-electron chi connectivity index (χ0n) is 10.6. The number of thiophene rings is 1. The highest BCUT2D eigenvalue weighted by Gasteiger charge is 2.05. The highest BCUT2D eigenvalue weighted by Crippen LogP contribution is 2.28. The normalized spacial score (nSPS) is 10.7. The molecule has 0 aliphatic heterocycles. The fraction of sp³-hybridized carbons (Fsp3) is 0.188. The van der Waals surface area contributed by atoms with Gasteiger partial charge in [-0.05, 0) is 36.3 Å². The number of rotatable bonds is 5. The molecule has 0 aliphatic carbocycles. The van der Waals surface area contributed by atoms with Crippen molar-refractivity contribution in [3.05, 3.63) is 64.5 Å². The van der Waals surface area contributed by atoms with Crippen LogP contribution in [0.15, 0.2) is 53.2 Å². The first-order valence-electron chi connectivity index (χ1n) is 6.44. The van der Waals surface area contributed by atoms with Gasteiger partial charge in [0, 0.05) is 5.38 Å². The molecule has 0 bridgehead atoms. The van der Waals surface area contributed by atoms with Crippen LogP contribution >= 0.6 is 22.7 Å². The molecule has 19 heavy (non-hydrogen) atoms. The van der Waals surface area contributed by atoms with E-state index >= 15 is 0 Å². The van der Waals surface area contributed by atoms with Crippen molar-refractivity contribution < 1.29 is 0 Å². The van der Waals surface area contributed by atoms with Crippen LogP contribution in [0.4, 0.5) is 0 Å². The van der Waals surface area contributed by atoms with E-state index in [9.17, 15) is 0 Å². The van der Waals surface area contributed by atoms with Crippen molar-refractivity contribution >= 4 is 22.7 Å². The van der Waals surface area contributed by atoms with Crippen molar-refractivity contribution in [2.45, 2.75) is 19.3 Å². The van der Waals surface area contributed by atoms with Gasteiger partial charge in [0.2, 0.25) is 0 Å². The summed E-state index contributed by atoms with van der Waals surface area (Å²) in [6, 6.07) is 14.9. The fourth-order valence-electron chi connectivity index (χ4n) is 2.05. The molecular weight excluding hydrogens is 270 g/mol. The smallest absolute Gasteiger partial charge is 0.133 e. The molecule has 96 valence electrons. The zero-order valence-corrected chi connectivity index (χ0v) is 12.2. The third-order valence-electron chi connectivity index (χ3n) is 3.02. The first-order valence-corrected chi connectivity index (χ1v) is 8.20. The van der Waals surface area contributed by atoms with Gasteiger partial charge in [-0.15, -0.1) is 22.7 Å². The highest BCUT2D eigenvalue weighted by atomic mass is 32.1. The Morgan fingerprint density at radius 1 is 0.895 bits per heavy atom. The summed E-state index contributed by atoms with van der Waals surface area (Å²) in [7, 11) is 0. The van der Waals surface area contributed by atoms with Crippen LogP contribution in [0, 0.1) is 0 Å². The molecule has 0 unspecified atom stereocenters.